The van der Waals surface area contributed by atoms with Gasteiger partial charge in [0.2, 0.25) is 10.0 Å². The van der Waals surface area contributed by atoms with E-state index in [2.05, 4.69) is 20.7 Å². The summed E-state index contributed by atoms with van der Waals surface area (Å²) >= 11 is 5.11. The quantitative estimate of drug-likeness (QED) is 0.805. The summed E-state index contributed by atoms with van der Waals surface area (Å²) in [5.74, 6) is 1.12. The predicted octanol–water partition coefficient (Wildman–Crippen LogP) is 2.51. The van der Waals surface area contributed by atoms with Gasteiger partial charge in [-0.1, -0.05) is 15.9 Å². The van der Waals surface area contributed by atoms with Gasteiger partial charge in [-0.05, 0) is 43.2 Å². The molecule has 1 fully saturated rings. The van der Waals surface area contributed by atoms with Crippen molar-refractivity contribution < 1.29 is 8.42 Å². The second-order valence-corrected chi connectivity index (χ2v) is 8.66. The van der Waals surface area contributed by atoms with Crippen molar-refractivity contribution in [2.75, 3.05) is 18.0 Å². The Bertz CT molecular complexity index is 569. The van der Waals surface area contributed by atoms with E-state index in [9.17, 15) is 8.42 Å². The van der Waals surface area contributed by atoms with E-state index in [-0.39, 0.29) is 4.90 Å². The fourth-order valence-electron chi connectivity index (χ4n) is 2.04. The second-order valence-electron chi connectivity index (χ2n) is 4.61. The number of sulfonamides is 1. The summed E-state index contributed by atoms with van der Waals surface area (Å²) in [7, 11) is -3.50. The lowest BCUT2D eigenvalue weighted by atomic mass is 10.2. The van der Waals surface area contributed by atoms with Gasteiger partial charge in [0.1, 0.15) is 0 Å². The molecule has 1 atom stereocenters. The summed E-state index contributed by atoms with van der Waals surface area (Å²) in [6.07, 6.45) is 2.24. The fourth-order valence-corrected chi connectivity index (χ4v) is 5.35. The third-order valence-corrected chi connectivity index (χ3v) is 6.59. The molecular formula is C12H17BrN2O2S2. The first-order valence-corrected chi connectivity index (χ1v) is 9.39. The van der Waals surface area contributed by atoms with E-state index < -0.39 is 10.0 Å². The number of thioether (sulfide) groups is 1. The van der Waals surface area contributed by atoms with Crippen LogP contribution in [0.15, 0.2) is 21.5 Å². The molecule has 0 spiro atoms. The van der Waals surface area contributed by atoms with Crippen molar-refractivity contribution in [3.63, 3.8) is 0 Å². The third-order valence-electron chi connectivity index (χ3n) is 3.18. The summed E-state index contributed by atoms with van der Waals surface area (Å²) in [6.45, 7) is 2.21. The van der Waals surface area contributed by atoms with Crippen LogP contribution in [-0.2, 0) is 10.0 Å². The first-order valence-electron chi connectivity index (χ1n) is 6.07. The Morgan fingerprint density at radius 1 is 1.53 bits per heavy atom. The van der Waals surface area contributed by atoms with Crippen molar-refractivity contribution in [1.29, 1.82) is 0 Å². The molecule has 19 heavy (non-hydrogen) atoms. The monoisotopic (exact) mass is 364 g/mol. The Labute approximate surface area is 126 Å². The zero-order valence-electron chi connectivity index (χ0n) is 10.6. The van der Waals surface area contributed by atoms with Gasteiger partial charge in [0, 0.05) is 22.0 Å². The van der Waals surface area contributed by atoms with Gasteiger partial charge in [-0.2, -0.15) is 11.8 Å². The summed E-state index contributed by atoms with van der Waals surface area (Å²) in [4.78, 5) is 0.252. The van der Waals surface area contributed by atoms with E-state index >= 15 is 0 Å². The highest BCUT2D eigenvalue weighted by molar-refractivity contribution is 9.10. The smallest absolute Gasteiger partial charge is 0.240 e. The van der Waals surface area contributed by atoms with Crippen LogP contribution in [-0.4, -0.2) is 26.0 Å². The van der Waals surface area contributed by atoms with Crippen molar-refractivity contribution in [2.24, 2.45) is 0 Å². The van der Waals surface area contributed by atoms with Crippen molar-refractivity contribution in [2.45, 2.75) is 29.9 Å². The van der Waals surface area contributed by atoms with E-state index in [1.165, 1.54) is 6.42 Å². The minimum atomic E-state index is -3.50. The summed E-state index contributed by atoms with van der Waals surface area (Å²) < 4.78 is 28.0. The molecule has 4 nitrogen and oxygen atoms in total. The molecule has 1 aliphatic rings. The van der Waals surface area contributed by atoms with Gasteiger partial charge in [0.15, 0.2) is 0 Å². The lowest BCUT2D eigenvalue weighted by molar-refractivity contribution is 0.578. The molecule has 0 aliphatic carbocycles. The van der Waals surface area contributed by atoms with Gasteiger partial charge in [0.25, 0.3) is 0 Å². The molecule has 7 heteroatoms. The van der Waals surface area contributed by atoms with Crippen LogP contribution < -0.4 is 10.5 Å². The van der Waals surface area contributed by atoms with E-state index in [1.807, 2.05) is 11.8 Å². The Hall–Kier alpha value is -0.240. The molecule has 0 bridgehead atoms. The summed E-state index contributed by atoms with van der Waals surface area (Å²) in [6, 6.07) is 3.30. The summed E-state index contributed by atoms with van der Waals surface area (Å²) in [5, 5.41) is 0.389. The van der Waals surface area contributed by atoms with Crippen LogP contribution in [0.3, 0.4) is 0 Å². The largest absolute Gasteiger partial charge is 0.398 e. The molecule has 1 aromatic carbocycles. The maximum absolute atomic E-state index is 12.3. The summed E-state index contributed by atoms with van der Waals surface area (Å²) in [5.41, 5.74) is 6.88. The number of halogens is 1. The minimum absolute atomic E-state index is 0.252. The molecule has 0 amide bonds. The molecule has 2 rings (SSSR count). The van der Waals surface area contributed by atoms with Crippen LogP contribution >= 0.6 is 27.7 Å². The van der Waals surface area contributed by atoms with E-state index in [1.54, 1.807) is 19.1 Å². The lowest BCUT2D eigenvalue weighted by Gasteiger charge is -2.14. The van der Waals surface area contributed by atoms with E-state index in [0.717, 1.165) is 12.2 Å². The lowest BCUT2D eigenvalue weighted by Crippen LogP contribution is -2.30. The average molecular weight is 365 g/mol. The maximum Gasteiger partial charge on any atom is 0.240 e. The molecule has 3 N–H and O–H groups in total. The number of nitrogens with two attached hydrogens (primary N) is 1. The van der Waals surface area contributed by atoms with Crippen LogP contribution in [0.4, 0.5) is 5.69 Å². The van der Waals surface area contributed by atoms with Crippen LogP contribution in [0.25, 0.3) is 0 Å². The van der Waals surface area contributed by atoms with Crippen LogP contribution in [0.1, 0.15) is 18.4 Å². The van der Waals surface area contributed by atoms with Gasteiger partial charge in [-0.25, -0.2) is 13.1 Å². The normalized spacial score (nSPS) is 19.8. The molecule has 0 aromatic heterocycles. The average Bonchev–Trinajstić information content (AvgIpc) is 2.84. The number of nitrogens with one attached hydrogen (secondary N) is 1. The fraction of sp³-hybridized carbons (Fsp3) is 0.500. The maximum atomic E-state index is 12.3. The molecule has 1 heterocycles. The van der Waals surface area contributed by atoms with Crippen LogP contribution in [0.2, 0.25) is 0 Å². The number of benzene rings is 1. The highest BCUT2D eigenvalue weighted by atomic mass is 79.9. The first-order chi connectivity index (χ1) is 8.90. The van der Waals surface area contributed by atoms with Gasteiger partial charge >= 0.3 is 0 Å². The number of hydrogen-bond acceptors (Lipinski definition) is 4. The minimum Gasteiger partial charge on any atom is -0.398 e. The van der Waals surface area contributed by atoms with Crippen molar-refractivity contribution >= 4 is 43.4 Å². The molecule has 1 saturated heterocycles. The Kier molecular flexibility index (Phi) is 4.81. The zero-order valence-corrected chi connectivity index (χ0v) is 13.9. The number of anilines is 1. The van der Waals surface area contributed by atoms with Gasteiger partial charge in [-0.15, -0.1) is 0 Å². The molecule has 1 aromatic rings. The predicted molar refractivity (Wildman–Crippen MR) is 84.0 cm³/mol. The van der Waals surface area contributed by atoms with Crippen molar-refractivity contribution in [1.82, 2.24) is 4.72 Å². The molecule has 1 unspecified atom stereocenters. The second kappa shape index (κ2) is 6.03. The first kappa shape index (κ1) is 15.2. The van der Waals surface area contributed by atoms with E-state index in [4.69, 9.17) is 5.73 Å². The number of rotatable bonds is 4. The SMILES string of the molecule is Cc1c(N)cc(Br)cc1S(=O)(=O)NCC1CCCS1. The standard InChI is InChI=1S/C12H17BrN2O2S2/c1-8-11(14)5-9(13)6-12(8)19(16,17)15-7-10-3-2-4-18-10/h5-6,10,15H,2-4,7,14H2,1H3. The molecule has 106 valence electrons. The topological polar surface area (TPSA) is 72.2 Å². The molecule has 0 saturated carbocycles. The third kappa shape index (κ3) is 3.65. The van der Waals surface area contributed by atoms with Gasteiger partial charge < -0.3 is 5.73 Å². The number of nitrogen functional groups attached to an aromatic ring is 1. The van der Waals surface area contributed by atoms with E-state index in [0.29, 0.717) is 27.5 Å². The van der Waals surface area contributed by atoms with Gasteiger partial charge in [-0.3, -0.25) is 0 Å². The Morgan fingerprint density at radius 2 is 2.26 bits per heavy atom. The van der Waals surface area contributed by atoms with Crippen LogP contribution in [0.5, 0.6) is 0 Å². The van der Waals surface area contributed by atoms with Gasteiger partial charge in [0.05, 0.1) is 4.90 Å². The Balaban J connectivity index is 2.19. The molecule has 0 radical (unpaired) electrons. The molecular weight excluding hydrogens is 348 g/mol. The zero-order chi connectivity index (χ0) is 14.0. The number of hydrogen-bond donors (Lipinski definition) is 2. The highest BCUT2D eigenvalue weighted by Crippen LogP contribution is 2.28. The van der Waals surface area contributed by atoms with Crippen LogP contribution in [0, 0.1) is 6.92 Å². The molecule has 1 aliphatic heterocycles. The highest BCUT2D eigenvalue weighted by Gasteiger charge is 2.22. The Morgan fingerprint density at radius 3 is 2.89 bits per heavy atom. The van der Waals surface area contributed by atoms with Crippen molar-refractivity contribution in [3.05, 3.63) is 22.2 Å². The van der Waals surface area contributed by atoms with Crippen molar-refractivity contribution in [3.8, 4) is 0 Å².